The van der Waals surface area contributed by atoms with Crippen LogP contribution in [0.1, 0.15) is 65.1 Å². The predicted molar refractivity (Wildman–Crippen MR) is 168 cm³/mol. The molecule has 2 N–H and O–H groups in total. The van der Waals surface area contributed by atoms with Crippen LogP contribution in [0.2, 0.25) is 0 Å². The van der Waals surface area contributed by atoms with Gasteiger partial charge in [0.05, 0.1) is 16.3 Å². The molecule has 46 heavy (non-hydrogen) atoms. The number of phenolic OH excluding ortho intramolecular Hbond substituents is 1. The van der Waals surface area contributed by atoms with E-state index >= 15 is 4.39 Å². The minimum absolute atomic E-state index is 0.0312. The average Bonchev–Trinajstić information content (AvgIpc) is 3.22. The van der Waals surface area contributed by atoms with Gasteiger partial charge in [-0.2, -0.15) is 0 Å². The standard InChI is InChI=1S/C34H33F2N3O6S/c1-18-21(8-6-9-24(18)35)16-44-22-12-13-23(25(36)14-22)31-32-26(15-34(4,5)17-46(32,42)43)38-30-27(10-7-11-28(30)40)39(31)33(41)29-19(2)45-20(3)37-29/h6-14,31,38,40H,15-17H2,1-5H3. The Balaban J connectivity index is 1.55. The van der Waals surface area contributed by atoms with Gasteiger partial charge in [0.25, 0.3) is 5.91 Å². The molecular weight excluding hydrogens is 616 g/mol. The summed E-state index contributed by atoms with van der Waals surface area (Å²) in [7, 11) is -4.11. The highest BCUT2D eigenvalue weighted by Crippen LogP contribution is 2.52. The summed E-state index contributed by atoms with van der Waals surface area (Å²) < 4.78 is 70.1. The normalized spacial score (nSPS) is 18.3. The van der Waals surface area contributed by atoms with Crippen molar-refractivity contribution in [1.29, 1.82) is 0 Å². The summed E-state index contributed by atoms with van der Waals surface area (Å²) >= 11 is 0. The van der Waals surface area contributed by atoms with Crippen molar-refractivity contribution in [2.45, 2.75) is 53.7 Å². The minimum atomic E-state index is -4.11. The van der Waals surface area contributed by atoms with E-state index in [1.165, 1.54) is 30.3 Å². The molecule has 1 amide bonds. The van der Waals surface area contributed by atoms with Crippen LogP contribution in [0.4, 0.5) is 20.2 Å². The number of carbonyl (C=O) groups excluding carboxylic acids is 1. The number of amides is 1. The van der Waals surface area contributed by atoms with E-state index in [4.69, 9.17) is 9.15 Å². The number of hydrogen-bond donors (Lipinski definition) is 2. The highest BCUT2D eigenvalue weighted by Gasteiger charge is 2.48. The Bertz CT molecular complexity index is 2040. The third-order valence-electron chi connectivity index (χ3n) is 8.30. The van der Waals surface area contributed by atoms with E-state index < -0.39 is 33.0 Å². The molecule has 1 aromatic heterocycles. The number of halogens is 2. The monoisotopic (exact) mass is 649 g/mol. The quantitative estimate of drug-likeness (QED) is 0.221. The number of oxazole rings is 1. The van der Waals surface area contributed by atoms with Gasteiger partial charge < -0.3 is 19.6 Å². The maximum atomic E-state index is 16.4. The van der Waals surface area contributed by atoms with Gasteiger partial charge in [0.1, 0.15) is 47.2 Å². The Morgan fingerprint density at radius 1 is 1.11 bits per heavy atom. The fourth-order valence-corrected chi connectivity index (χ4v) is 8.60. The molecule has 9 nitrogen and oxygen atoms in total. The highest BCUT2D eigenvalue weighted by atomic mass is 32.2. The lowest BCUT2D eigenvalue weighted by Crippen LogP contribution is -2.41. The molecule has 3 aromatic carbocycles. The van der Waals surface area contributed by atoms with Crippen LogP contribution in [-0.4, -0.2) is 30.2 Å². The Morgan fingerprint density at radius 2 is 1.85 bits per heavy atom. The topological polar surface area (TPSA) is 122 Å². The molecule has 0 fully saturated rings. The number of rotatable bonds is 5. The average molecular weight is 650 g/mol. The first-order chi connectivity index (χ1) is 21.7. The summed E-state index contributed by atoms with van der Waals surface area (Å²) in [6, 6.07) is 11.5. The number of nitrogens with one attached hydrogen (secondary N) is 1. The Morgan fingerprint density at radius 3 is 2.54 bits per heavy atom. The number of hydrogen-bond acceptors (Lipinski definition) is 8. The first-order valence-electron chi connectivity index (χ1n) is 14.7. The fourth-order valence-electron chi connectivity index (χ4n) is 6.24. The number of benzene rings is 3. The van der Waals surface area contributed by atoms with Gasteiger partial charge in [-0.25, -0.2) is 22.2 Å². The Hall–Kier alpha value is -4.71. The molecule has 0 saturated carbocycles. The van der Waals surface area contributed by atoms with Crippen molar-refractivity contribution in [3.63, 3.8) is 0 Å². The Kier molecular flexibility index (Phi) is 7.66. The number of nitrogens with zero attached hydrogens (tertiary/aromatic N) is 2. The van der Waals surface area contributed by atoms with E-state index in [9.17, 15) is 22.7 Å². The summed E-state index contributed by atoms with van der Waals surface area (Å²) in [4.78, 5) is 19.7. The molecule has 0 spiro atoms. The number of aromatic hydroxyl groups is 1. The van der Waals surface area contributed by atoms with Crippen molar-refractivity contribution in [1.82, 2.24) is 4.98 Å². The molecule has 2 aliphatic heterocycles. The van der Waals surface area contributed by atoms with Crippen LogP contribution in [0.15, 0.2) is 69.6 Å². The van der Waals surface area contributed by atoms with E-state index in [1.54, 1.807) is 52.8 Å². The first kappa shape index (κ1) is 31.3. The molecule has 240 valence electrons. The van der Waals surface area contributed by atoms with Crippen LogP contribution in [0, 0.1) is 37.8 Å². The van der Waals surface area contributed by atoms with Crippen LogP contribution in [0.5, 0.6) is 11.5 Å². The van der Waals surface area contributed by atoms with Crippen LogP contribution >= 0.6 is 0 Å². The maximum absolute atomic E-state index is 16.4. The summed E-state index contributed by atoms with van der Waals surface area (Å²) in [5, 5.41) is 14.1. The van der Waals surface area contributed by atoms with Gasteiger partial charge in [-0.3, -0.25) is 9.69 Å². The lowest BCUT2D eigenvalue weighted by molar-refractivity contribution is 0.0974. The molecule has 0 saturated heterocycles. The largest absolute Gasteiger partial charge is 0.506 e. The number of aryl methyl sites for hydroxylation is 2. The second kappa shape index (κ2) is 11.3. The van der Waals surface area contributed by atoms with Gasteiger partial charge in [0.15, 0.2) is 21.4 Å². The van der Waals surface area contributed by atoms with Crippen LogP contribution in [0.25, 0.3) is 0 Å². The molecule has 4 aromatic rings. The number of para-hydroxylation sites is 1. The number of aromatic nitrogens is 1. The van der Waals surface area contributed by atoms with Gasteiger partial charge in [-0.05, 0) is 67.1 Å². The molecule has 3 heterocycles. The van der Waals surface area contributed by atoms with Crippen LogP contribution in [0.3, 0.4) is 0 Å². The number of phenols is 1. The second-order valence-corrected chi connectivity index (χ2v) is 14.4. The zero-order chi connectivity index (χ0) is 33.1. The van der Waals surface area contributed by atoms with Crippen molar-refractivity contribution in [2.75, 3.05) is 16.0 Å². The molecule has 6 rings (SSSR count). The lowest BCUT2D eigenvalue weighted by Gasteiger charge is -2.37. The SMILES string of the molecule is Cc1nc(C(=O)N2c3cccc(O)c3NC3=C(C2c2ccc(OCc4cccc(F)c4C)cc2F)S(=O)(=O)CC(C)(C)C3)c(C)o1. The van der Waals surface area contributed by atoms with E-state index in [0.29, 0.717) is 11.1 Å². The summed E-state index contributed by atoms with van der Waals surface area (Å²) in [6.07, 6.45) is 0.242. The summed E-state index contributed by atoms with van der Waals surface area (Å²) in [5.74, 6) is -1.92. The zero-order valence-electron chi connectivity index (χ0n) is 25.9. The van der Waals surface area contributed by atoms with Crippen molar-refractivity contribution >= 4 is 27.1 Å². The minimum Gasteiger partial charge on any atom is -0.506 e. The molecule has 0 bridgehead atoms. The lowest BCUT2D eigenvalue weighted by atomic mass is 9.88. The van der Waals surface area contributed by atoms with Gasteiger partial charge in [-0.1, -0.05) is 32.0 Å². The fraction of sp³-hybridized carbons (Fsp3) is 0.294. The van der Waals surface area contributed by atoms with Gasteiger partial charge >= 0.3 is 0 Å². The molecule has 0 aliphatic carbocycles. The molecule has 12 heteroatoms. The molecule has 0 radical (unpaired) electrons. The molecule has 1 atom stereocenters. The van der Waals surface area contributed by atoms with Crippen molar-refractivity contribution in [3.05, 3.63) is 111 Å². The zero-order valence-corrected chi connectivity index (χ0v) is 26.8. The number of sulfone groups is 1. The van der Waals surface area contributed by atoms with Crippen molar-refractivity contribution in [3.8, 4) is 11.5 Å². The summed E-state index contributed by atoms with van der Waals surface area (Å²) in [5.41, 5.74) is 0.551. The van der Waals surface area contributed by atoms with Crippen LogP contribution in [-0.2, 0) is 16.4 Å². The van der Waals surface area contributed by atoms with E-state index in [2.05, 4.69) is 10.3 Å². The number of anilines is 2. The molecule has 2 aliphatic rings. The van der Waals surface area contributed by atoms with Gasteiger partial charge in [0, 0.05) is 24.3 Å². The number of allylic oxidation sites excluding steroid dienone is 1. The van der Waals surface area contributed by atoms with E-state index in [1.807, 2.05) is 0 Å². The van der Waals surface area contributed by atoms with Gasteiger partial charge in [0.2, 0.25) is 0 Å². The third kappa shape index (κ3) is 5.51. The second-order valence-electron chi connectivity index (χ2n) is 12.5. The maximum Gasteiger partial charge on any atom is 0.281 e. The van der Waals surface area contributed by atoms with Crippen molar-refractivity contribution < 1.29 is 36.3 Å². The number of carbonyl (C=O) groups is 1. The highest BCUT2D eigenvalue weighted by molar-refractivity contribution is 7.95. The smallest absolute Gasteiger partial charge is 0.281 e. The third-order valence-corrected chi connectivity index (χ3v) is 10.6. The number of ether oxygens (including phenoxy) is 1. The molecular formula is C34H33F2N3O6S. The van der Waals surface area contributed by atoms with Gasteiger partial charge in [-0.15, -0.1) is 0 Å². The Labute approximate surface area is 265 Å². The predicted octanol–water partition coefficient (Wildman–Crippen LogP) is 7.03. The van der Waals surface area contributed by atoms with E-state index in [-0.39, 0.29) is 81.0 Å². The number of fused-ring (bicyclic) bond motifs is 1. The first-order valence-corrected chi connectivity index (χ1v) is 16.3. The molecule has 1 unspecified atom stereocenters. The van der Waals surface area contributed by atoms with Crippen LogP contribution < -0.4 is 15.0 Å². The van der Waals surface area contributed by atoms with E-state index in [0.717, 1.165) is 11.0 Å². The van der Waals surface area contributed by atoms with Crippen molar-refractivity contribution in [2.24, 2.45) is 5.41 Å². The summed E-state index contributed by atoms with van der Waals surface area (Å²) in [6.45, 7) is 8.32.